The Labute approximate surface area is 170 Å². The molecule has 5 rings (SSSR count). The van der Waals surface area contributed by atoms with Crippen molar-refractivity contribution in [2.24, 2.45) is 11.8 Å². The number of aromatic nitrogens is 2. The average Bonchev–Trinajstić information content (AvgIpc) is 3.12. The third kappa shape index (κ3) is 2.67. The van der Waals surface area contributed by atoms with Gasteiger partial charge >= 0.3 is 0 Å². The van der Waals surface area contributed by atoms with Gasteiger partial charge < -0.3 is 19.3 Å². The third-order valence-electron chi connectivity index (χ3n) is 6.81. The lowest BCUT2D eigenvalue weighted by Crippen LogP contribution is -2.55. The van der Waals surface area contributed by atoms with E-state index >= 15 is 0 Å². The Morgan fingerprint density at radius 2 is 2.07 bits per heavy atom. The van der Waals surface area contributed by atoms with E-state index in [1.165, 1.54) is 0 Å². The molecule has 1 aliphatic carbocycles. The maximum Gasteiger partial charge on any atom is 0.241 e. The molecule has 0 bridgehead atoms. The number of nitrogens with zero attached hydrogens (tertiary/aromatic N) is 5. The Bertz CT molecular complexity index is 983. The number of likely N-dealkylation sites (N-methyl/N-ethyl adjacent to an activating group) is 1. The highest BCUT2D eigenvalue weighted by Crippen LogP contribution is 2.48. The van der Waals surface area contributed by atoms with E-state index in [1.807, 2.05) is 29.3 Å². The fraction of sp³-hybridized carbons (Fsp3) is 0.500. The lowest BCUT2D eigenvalue weighted by atomic mass is 9.88. The summed E-state index contributed by atoms with van der Waals surface area (Å²) in [6.45, 7) is 3.73. The highest BCUT2D eigenvalue weighted by molar-refractivity contribution is 5.85. The third-order valence-corrected chi connectivity index (χ3v) is 6.81. The molecule has 0 aromatic carbocycles. The largest absolute Gasteiger partial charge is 0.347 e. The molecule has 7 heteroatoms. The second-order valence-corrected chi connectivity index (χ2v) is 8.84. The molecule has 4 heterocycles. The first kappa shape index (κ1) is 18.2. The SMILES string of the molecule is C[C@@H]1C[C@@H]1C(=O)N1CC[C@]2(C1)c1cccn1-c1ncccc1N2CC(=O)N(C)C. The summed E-state index contributed by atoms with van der Waals surface area (Å²) in [6, 6.07) is 8.08. The van der Waals surface area contributed by atoms with Crippen LogP contribution in [-0.4, -0.2) is 64.9 Å². The Morgan fingerprint density at radius 3 is 2.79 bits per heavy atom. The molecule has 0 N–H and O–H groups in total. The van der Waals surface area contributed by atoms with Crippen molar-refractivity contribution in [3.63, 3.8) is 0 Å². The molecule has 3 atom stereocenters. The van der Waals surface area contributed by atoms with E-state index in [0.717, 1.165) is 36.6 Å². The normalized spacial score (nSPS) is 27.0. The van der Waals surface area contributed by atoms with E-state index in [9.17, 15) is 9.59 Å². The Morgan fingerprint density at radius 1 is 1.28 bits per heavy atom. The molecule has 0 unspecified atom stereocenters. The molecular weight excluding hydrogens is 366 g/mol. The van der Waals surface area contributed by atoms with Gasteiger partial charge in [0, 0.05) is 45.5 Å². The number of hydrogen-bond donors (Lipinski definition) is 0. The number of likely N-dealkylation sites (tertiary alicyclic amines) is 1. The quantitative estimate of drug-likeness (QED) is 0.799. The van der Waals surface area contributed by atoms with Crippen molar-refractivity contribution in [1.82, 2.24) is 19.4 Å². The van der Waals surface area contributed by atoms with Gasteiger partial charge in [0.1, 0.15) is 5.54 Å². The number of hydrogen-bond acceptors (Lipinski definition) is 4. The molecule has 29 heavy (non-hydrogen) atoms. The number of rotatable bonds is 3. The summed E-state index contributed by atoms with van der Waals surface area (Å²) in [5.74, 6) is 1.81. The predicted octanol–water partition coefficient (Wildman–Crippen LogP) is 1.86. The molecule has 2 aromatic rings. The van der Waals surface area contributed by atoms with Crippen LogP contribution in [0.5, 0.6) is 0 Å². The fourth-order valence-corrected chi connectivity index (χ4v) is 4.92. The van der Waals surface area contributed by atoms with Crippen LogP contribution in [0.1, 0.15) is 25.5 Å². The minimum Gasteiger partial charge on any atom is -0.347 e. The number of pyridine rings is 1. The van der Waals surface area contributed by atoms with Crippen LogP contribution in [0.3, 0.4) is 0 Å². The van der Waals surface area contributed by atoms with E-state index in [4.69, 9.17) is 0 Å². The van der Waals surface area contributed by atoms with Gasteiger partial charge in [-0.15, -0.1) is 0 Å². The molecule has 2 aliphatic heterocycles. The molecule has 1 saturated carbocycles. The van der Waals surface area contributed by atoms with Crippen molar-refractivity contribution < 1.29 is 9.59 Å². The van der Waals surface area contributed by atoms with Gasteiger partial charge in [-0.3, -0.25) is 9.59 Å². The summed E-state index contributed by atoms with van der Waals surface area (Å²) in [5.41, 5.74) is 1.63. The van der Waals surface area contributed by atoms with Crippen molar-refractivity contribution in [3.8, 4) is 5.82 Å². The summed E-state index contributed by atoms with van der Waals surface area (Å²) < 4.78 is 2.12. The van der Waals surface area contributed by atoms with Crippen LogP contribution in [0.2, 0.25) is 0 Å². The molecular formula is C22H27N5O2. The zero-order valence-corrected chi connectivity index (χ0v) is 17.2. The van der Waals surface area contributed by atoms with Crippen LogP contribution in [0.15, 0.2) is 36.7 Å². The second-order valence-electron chi connectivity index (χ2n) is 8.84. The van der Waals surface area contributed by atoms with E-state index in [0.29, 0.717) is 12.5 Å². The second kappa shape index (κ2) is 6.34. The molecule has 3 aliphatic rings. The van der Waals surface area contributed by atoms with Gasteiger partial charge in [0.05, 0.1) is 17.9 Å². The molecule has 7 nitrogen and oxygen atoms in total. The van der Waals surface area contributed by atoms with Crippen LogP contribution in [-0.2, 0) is 15.1 Å². The van der Waals surface area contributed by atoms with E-state index in [1.54, 1.807) is 25.2 Å². The minimum atomic E-state index is -0.418. The van der Waals surface area contributed by atoms with E-state index < -0.39 is 5.54 Å². The summed E-state index contributed by atoms with van der Waals surface area (Å²) in [5, 5.41) is 0. The summed E-state index contributed by atoms with van der Waals surface area (Å²) >= 11 is 0. The molecule has 2 fully saturated rings. The fourth-order valence-electron chi connectivity index (χ4n) is 4.92. The number of anilines is 1. The van der Waals surface area contributed by atoms with Crippen molar-refractivity contribution in [3.05, 3.63) is 42.4 Å². The standard InChI is InChI=1S/C22H27N5O2/c1-15-12-16(15)21(29)25-11-8-22(14-25)18-7-5-10-26(18)20-17(6-4-9-23-20)27(22)13-19(28)24(2)3/h4-7,9-10,15-16H,8,11-14H2,1-3H3/t15-,16+,22+/m1/s1. The Balaban J connectivity index is 1.59. The predicted molar refractivity (Wildman–Crippen MR) is 110 cm³/mol. The summed E-state index contributed by atoms with van der Waals surface area (Å²) in [4.78, 5) is 36.2. The van der Waals surface area contributed by atoms with Crippen LogP contribution >= 0.6 is 0 Å². The van der Waals surface area contributed by atoms with Gasteiger partial charge in [-0.05, 0) is 43.0 Å². The number of amides is 2. The maximum absolute atomic E-state index is 13.0. The minimum absolute atomic E-state index is 0.0415. The zero-order chi connectivity index (χ0) is 20.3. The highest BCUT2D eigenvalue weighted by atomic mass is 16.2. The van der Waals surface area contributed by atoms with Crippen molar-refractivity contribution in [1.29, 1.82) is 0 Å². The van der Waals surface area contributed by atoms with Crippen LogP contribution < -0.4 is 4.90 Å². The first-order chi connectivity index (χ1) is 13.9. The summed E-state index contributed by atoms with van der Waals surface area (Å²) in [7, 11) is 3.57. The smallest absolute Gasteiger partial charge is 0.241 e. The van der Waals surface area contributed by atoms with E-state index in [-0.39, 0.29) is 24.3 Å². The highest BCUT2D eigenvalue weighted by Gasteiger charge is 2.53. The molecule has 1 saturated heterocycles. The monoisotopic (exact) mass is 393 g/mol. The van der Waals surface area contributed by atoms with Gasteiger partial charge in [0.2, 0.25) is 11.8 Å². The Kier molecular flexibility index (Phi) is 3.98. The average molecular weight is 393 g/mol. The number of fused-ring (bicyclic) bond motifs is 4. The molecule has 152 valence electrons. The number of carbonyl (C=O) groups excluding carboxylic acids is 2. The number of carbonyl (C=O) groups is 2. The topological polar surface area (TPSA) is 61.7 Å². The lowest BCUT2D eigenvalue weighted by Gasteiger charge is -2.47. The first-order valence-electron chi connectivity index (χ1n) is 10.3. The van der Waals surface area contributed by atoms with Gasteiger partial charge in [-0.2, -0.15) is 0 Å². The summed E-state index contributed by atoms with van der Waals surface area (Å²) in [6.07, 6.45) is 5.61. The van der Waals surface area contributed by atoms with Crippen molar-refractivity contribution in [2.75, 3.05) is 38.6 Å². The van der Waals surface area contributed by atoms with Gasteiger partial charge in [-0.1, -0.05) is 6.92 Å². The van der Waals surface area contributed by atoms with Gasteiger partial charge in [0.25, 0.3) is 0 Å². The lowest BCUT2D eigenvalue weighted by molar-refractivity contribution is -0.132. The van der Waals surface area contributed by atoms with Crippen molar-refractivity contribution in [2.45, 2.75) is 25.3 Å². The van der Waals surface area contributed by atoms with E-state index in [2.05, 4.69) is 27.4 Å². The molecule has 0 radical (unpaired) electrons. The molecule has 2 aromatic heterocycles. The first-order valence-corrected chi connectivity index (χ1v) is 10.3. The van der Waals surface area contributed by atoms with Gasteiger partial charge in [0.15, 0.2) is 5.82 Å². The molecule has 2 amide bonds. The maximum atomic E-state index is 13.0. The van der Waals surface area contributed by atoms with Crippen LogP contribution in [0.25, 0.3) is 5.82 Å². The van der Waals surface area contributed by atoms with Crippen LogP contribution in [0.4, 0.5) is 5.69 Å². The van der Waals surface area contributed by atoms with Gasteiger partial charge in [-0.25, -0.2) is 4.98 Å². The van der Waals surface area contributed by atoms with Crippen LogP contribution in [0, 0.1) is 11.8 Å². The Hall–Kier alpha value is -2.83. The zero-order valence-electron chi connectivity index (χ0n) is 17.2. The molecule has 1 spiro atoms. The van der Waals surface area contributed by atoms with Crippen molar-refractivity contribution >= 4 is 17.5 Å².